The van der Waals surface area contributed by atoms with Gasteiger partial charge in [-0.2, -0.15) is 0 Å². The van der Waals surface area contributed by atoms with Crippen molar-refractivity contribution in [3.05, 3.63) is 62.7 Å². The van der Waals surface area contributed by atoms with Gasteiger partial charge in [-0.3, -0.25) is 14.2 Å². The lowest BCUT2D eigenvalue weighted by Crippen LogP contribution is -2.40. The molecule has 0 saturated carbocycles. The van der Waals surface area contributed by atoms with E-state index >= 15 is 0 Å². The molecule has 0 aromatic carbocycles. The third-order valence-electron chi connectivity index (χ3n) is 4.50. The van der Waals surface area contributed by atoms with Crippen molar-refractivity contribution < 1.29 is 4.79 Å². The van der Waals surface area contributed by atoms with Crippen molar-refractivity contribution >= 4 is 12.0 Å². The van der Waals surface area contributed by atoms with Crippen LogP contribution in [-0.2, 0) is 25.4 Å². The van der Waals surface area contributed by atoms with Gasteiger partial charge >= 0.3 is 5.69 Å². The van der Waals surface area contributed by atoms with E-state index in [4.69, 9.17) is 0 Å². The van der Waals surface area contributed by atoms with Crippen molar-refractivity contribution in [2.75, 3.05) is 6.54 Å². The van der Waals surface area contributed by atoms with Crippen LogP contribution in [0.3, 0.4) is 0 Å². The van der Waals surface area contributed by atoms with E-state index in [1.807, 2.05) is 25.3 Å². The first-order valence-electron chi connectivity index (χ1n) is 7.80. The number of rotatable bonds is 2. The summed E-state index contributed by atoms with van der Waals surface area (Å²) >= 11 is 0. The van der Waals surface area contributed by atoms with Gasteiger partial charge in [-0.25, -0.2) is 4.79 Å². The Morgan fingerprint density at radius 2 is 2.00 bits per heavy atom. The summed E-state index contributed by atoms with van der Waals surface area (Å²) in [5.74, 6) is -0.147. The summed E-state index contributed by atoms with van der Waals surface area (Å²) in [4.78, 5) is 38.1. The smallest absolute Gasteiger partial charge is 0.330 e. The first-order chi connectivity index (χ1) is 11.4. The molecule has 1 amide bonds. The second-order valence-electron chi connectivity index (χ2n) is 6.01. The summed E-state index contributed by atoms with van der Waals surface area (Å²) in [5, 5.41) is 0. The van der Waals surface area contributed by atoms with Crippen LogP contribution in [0, 0.1) is 0 Å². The van der Waals surface area contributed by atoms with Gasteiger partial charge in [0.1, 0.15) is 0 Å². The predicted molar refractivity (Wildman–Crippen MR) is 90.5 cm³/mol. The second kappa shape index (κ2) is 5.99. The minimum Gasteiger partial charge on any atom is -0.348 e. The number of nitrogens with zero attached hydrogens (tertiary/aromatic N) is 4. The van der Waals surface area contributed by atoms with Gasteiger partial charge in [-0.1, -0.05) is 0 Å². The van der Waals surface area contributed by atoms with Gasteiger partial charge in [0.25, 0.3) is 5.56 Å². The molecule has 0 aliphatic carbocycles. The van der Waals surface area contributed by atoms with E-state index in [0.717, 1.165) is 16.8 Å². The molecule has 3 rings (SSSR count). The highest BCUT2D eigenvalue weighted by atomic mass is 16.2. The normalized spacial score (nSPS) is 17.3. The van der Waals surface area contributed by atoms with Gasteiger partial charge in [0.2, 0.25) is 5.91 Å². The van der Waals surface area contributed by atoms with Crippen molar-refractivity contribution in [3.63, 3.8) is 0 Å². The van der Waals surface area contributed by atoms with Crippen molar-refractivity contribution in [2.24, 2.45) is 14.1 Å². The highest BCUT2D eigenvalue weighted by Crippen LogP contribution is 2.25. The SMILES string of the molecule is C[C@@H]1c2cccn2CCN1C(=O)/C=C/c1cn(C)c(=O)n(C)c1=O. The Balaban J connectivity index is 1.85. The van der Waals surface area contributed by atoms with E-state index in [-0.39, 0.29) is 11.9 Å². The fourth-order valence-corrected chi connectivity index (χ4v) is 3.09. The summed E-state index contributed by atoms with van der Waals surface area (Å²) in [7, 11) is 2.99. The number of carbonyl (C=O) groups is 1. The van der Waals surface area contributed by atoms with Gasteiger partial charge in [-0.15, -0.1) is 0 Å². The fraction of sp³-hybridized carbons (Fsp3) is 0.353. The minimum atomic E-state index is -0.414. The average molecular weight is 328 g/mol. The highest BCUT2D eigenvalue weighted by molar-refractivity contribution is 5.92. The molecule has 0 N–H and O–H groups in total. The van der Waals surface area contributed by atoms with E-state index in [1.54, 1.807) is 11.9 Å². The molecule has 1 aliphatic heterocycles. The molecule has 2 aromatic rings. The molecular weight excluding hydrogens is 308 g/mol. The van der Waals surface area contributed by atoms with Gasteiger partial charge in [-0.05, 0) is 25.1 Å². The quantitative estimate of drug-likeness (QED) is 0.754. The molecule has 24 heavy (non-hydrogen) atoms. The number of fused-ring (bicyclic) bond motifs is 1. The Bertz CT molecular complexity index is 932. The Hall–Kier alpha value is -2.83. The fourth-order valence-electron chi connectivity index (χ4n) is 3.09. The average Bonchev–Trinajstić information content (AvgIpc) is 3.04. The van der Waals surface area contributed by atoms with Crippen LogP contribution >= 0.6 is 0 Å². The maximum absolute atomic E-state index is 12.5. The van der Waals surface area contributed by atoms with E-state index in [2.05, 4.69) is 4.57 Å². The predicted octanol–water partition coefficient (Wildman–Crippen LogP) is 0.502. The Labute approximate surface area is 139 Å². The highest BCUT2D eigenvalue weighted by Gasteiger charge is 2.25. The number of aryl methyl sites for hydroxylation is 1. The van der Waals surface area contributed by atoms with Crippen LogP contribution in [0.25, 0.3) is 6.08 Å². The van der Waals surface area contributed by atoms with E-state index in [1.165, 1.54) is 30.0 Å². The Morgan fingerprint density at radius 1 is 1.25 bits per heavy atom. The molecule has 7 nitrogen and oxygen atoms in total. The van der Waals surface area contributed by atoms with Crippen molar-refractivity contribution in [3.8, 4) is 0 Å². The molecule has 2 aromatic heterocycles. The Kier molecular flexibility index (Phi) is 4.01. The number of hydrogen-bond acceptors (Lipinski definition) is 3. The molecule has 0 unspecified atom stereocenters. The van der Waals surface area contributed by atoms with Gasteiger partial charge in [0, 0.05) is 51.3 Å². The summed E-state index contributed by atoms with van der Waals surface area (Å²) in [6.45, 7) is 3.37. The van der Waals surface area contributed by atoms with E-state index in [9.17, 15) is 14.4 Å². The Morgan fingerprint density at radius 3 is 2.75 bits per heavy atom. The van der Waals surface area contributed by atoms with Crippen LogP contribution in [0.4, 0.5) is 0 Å². The summed E-state index contributed by atoms with van der Waals surface area (Å²) < 4.78 is 4.49. The largest absolute Gasteiger partial charge is 0.348 e. The summed E-state index contributed by atoms with van der Waals surface area (Å²) in [5.41, 5.74) is 0.596. The van der Waals surface area contributed by atoms with E-state index in [0.29, 0.717) is 12.1 Å². The molecule has 1 atom stereocenters. The minimum absolute atomic E-state index is 0.0196. The lowest BCUT2D eigenvalue weighted by Gasteiger charge is -2.34. The molecule has 1 aliphatic rings. The van der Waals surface area contributed by atoms with Gasteiger partial charge < -0.3 is 14.0 Å². The van der Waals surface area contributed by atoms with Crippen LogP contribution in [0.15, 0.2) is 40.2 Å². The van der Waals surface area contributed by atoms with Crippen molar-refractivity contribution in [1.29, 1.82) is 0 Å². The third kappa shape index (κ3) is 2.62. The van der Waals surface area contributed by atoms with Crippen molar-refractivity contribution in [2.45, 2.75) is 19.5 Å². The number of amides is 1. The van der Waals surface area contributed by atoms with Gasteiger partial charge in [0.15, 0.2) is 0 Å². The molecule has 126 valence electrons. The van der Waals surface area contributed by atoms with Crippen LogP contribution < -0.4 is 11.2 Å². The molecule has 0 bridgehead atoms. The number of aromatic nitrogens is 3. The second-order valence-corrected chi connectivity index (χ2v) is 6.01. The molecule has 0 spiro atoms. The first-order valence-corrected chi connectivity index (χ1v) is 7.80. The zero-order chi connectivity index (χ0) is 17.4. The third-order valence-corrected chi connectivity index (χ3v) is 4.50. The number of carbonyl (C=O) groups excluding carboxylic acids is 1. The molecular formula is C17H20N4O3. The summed E-state index contributed by atoms with van der Waals surface area (Å²) in [6, 6.07) is 3.97. The lowest BCUT2D eigenvalue weighted by atomic mass is 10.1. The standard InChI is InChI=1S/C17H20N4O3/c1-12-14-5-4-8-20(14)9-10-21(12)15(22)7-6-13-11-18(2)17(24)19(3)16(13)23/h4-8,11-12H,9-10H2,1-3H3/b7-6+/t12-/m1/s1. The van der Waals surface area contributed by atoms with Crippen LogP contribution in [0.2, 0.25) is 0 Å². The van der Waals surface area contributed by atoms with Crippen molar-refractivity contribution in [1.82, 2.24) is 18.6 Å². The molecule has 0 saturated heterocycles. The first kappa shape index (κ1) is 16.0. The molecule has 0 fully saturated rings. The topological polar surface area (TPSA) is 69.2 Å². The van der Waals surface area contributed by atoms with Crippen LogP contribution in [0.1, 0.15) is 24.2 Å². The zero-order valence-electron chi connectivity index (χ0n) is 14.0. The lowest BCUT2D eigenvalue weighted by molar-refractivity contribution is -0.129. The number of hydrogen-bond donors (Lipinski definition) is 0. The monoisotopic (exact) mass is 328 g/mol. The maximum Gasteiger partial charge on any atom is 0.330 e. The molecule has 0 radical (unpaired) electrons. The molecule has 3 heterocycles. The van der Waals surface area contributed by atoms with Crippen LogP contribution in [0.5, 0.6) is 0 Å². The maximum atomic E-state index is 12.5. The van der Waals surface area contributed by atoms with Gasteiger partial charge in [0.05, 0.1) is 11.6 Å². The zero-order valence-corrected chi connectivity index (χ0v) is 14.0. The molecule has 7 heteroatoms. The van der Waals surface area contributed by atoms with Crippen LogP contribution in [-0.4, -0.2) is 31.1 Å². The summed E-state index contributed by atoms with van der Waals surface area (Å²) in [6.07, 6.45) is 6.33. The van der Waals surface area contributed by atoms with E-state index < -0.39 is 11.2 Å².